The van der Waals surface area contributed by atoms with Gasteiger partial charge in [0.25, 0.3) is 0 Å². The second kappa shape index (κ2) is 7.06. The Bertz CT molecular complexity index is 355. The van der Waals surface area contributed by atoms with E-state index >= 15 is 0 Å². The molecule has 0 radical (unpaired) electrons. The molecule has 0 spiro atoms. The largest absolute Gasteiger partial charge is 0.395 e. The molecule has 2 rings (SSSR count). The van der Waals surface area contributed by atoms with Crippen LogP contribution in [-0.2, 0) is 6.54 Å². The lowest BCUT2D eigenvalue weighted by molar-refractivity contribution is 0.0839. The van der Waals surface area contributed by atoms with E-state index in [4.69, 9.17) is 0 Å². The van der Waals surface area contributed by atoms with Crippen LogP contribution in [0.25, 0.3) is 0 Å². The summed E-state index contributed by atoms with van der Waals surface area (Å²) in [4.78, 5) is 2.47. The van der Waals surface area contributed by atoms with Gasteiger partial charge in [0, 0.05) is 19.1 Å². The number of nitrogens with zero attached hydrogens (tertiary/aromatic N) is 1. The Morgan fingerprint density at radius 1 is 1.05 bits per heavy atom. The molecule has 1 saturated carbocycles. The van der Waals surface area contributed by atoms with Gasteiger partial charge in [0.05, 0.1) is 6.61 Å². The van der Waals surface area contributed by atoms with E-state index in [-0.39, 0.29) is 6.61 Å². The summed E-state index contributed by atoms with van der Waals surface area (Å²) in [6, 6.07) is 11.2. The minimum atomic E-state index is 0.256. The molecule has 1 N–H and O–H groups in total. The van der Waals surface area contributed by atoms with E-state index in [0.29, 0.717) is 6.04 Å². The van der Waals surface area contributed by atoms with Crippen molar-refractivity contribution in [3.8, 4) is 0 Å². The van der Waals surface area contributed by atoms with Crippen LogP contribution in [0, 0.1) is 11.8 Å². The van der Waals surface area contributed by atoms with Crippen LogP contribution in [0.2, 0.25) is 0 Å². The third-order valence-corrected chi connectivity index (χ3v) is 4.29. The first-order chi connectivity index (χ1) is 9.19. The molecule has 2 nitrogen and oxygen atoms in total. The normalized spacial score (nSPS) is 27.7. The lowest BCUT2D eigenvalue weighted by Crippen LogP contribution is -2.41. The van der Waals surface area contributed by atoms with Gasteiger partial charge < -0.3 is 5.11 Å². The van der Waals surface area contributed by atoms with Gasteiger partial charge in [0.1, 0.15) is 0 Å². The average Bonchev–Trinajstić information content (AvgIpc) is 2.38. The summed E-state index contributed by atoms with van der Waals surface area (Å²) in [6.45, 7) is 6.74. The fourth-order valence-electron chi connectivity index (χ4n) is 3.54. The van der Waals surface area contributed by atoms with Crippen molar-refractivity contribution in [2.45, 2.75) is 45.7 Å². The van der Waals surface area contributed by atoms with Gasteiger partial charge in [-0.15, -0.1) is 0 Å². The zero-order valence-corrected chi connectivity index (χ0v) is 12.3. The Balaban J connectivity index is 2.02. The van der Waals surface area contributed by atoms with E-state index in [1.54, 1.807) is 0 Å². The molecule has 1 fully saturated rings. The van der Waals surface area contributed by atoms with Gasteiger partial charge in [-0.1, -0.05) is 44.2 Å². The number of benzene rings is 1. The molecule has 1 aromatic carbocycles. The molecule has 2 heteroatoms. The van der Waals surface area contributed by atoms with Crippen molar-refractivity contribution < 1.29 is 5.11 Å². The zero-order valence-electron chi connectivity index (χ0n) is 12.3. The van der Waals surface area contributed by atoms with Crippen molar-refractivity contribution >= 4 is 0 Å². The van der Waals surface area contributed by atoms with Crippen LogP contribution < -0.4 is 0 Å². The molecule has 106 valence electrons. The van der Waals surface area contributed by atoms with E-state index in [1.165, 1.54) is 24.8 Å². The summed E-state index contributed by atoms with van der Waals surface area (Å²) in [5.41, 5.74) is 1.35. The highest BCUT2D eigenvalue weighted by Crippen LogP contribution is 2.32. The molecule has 0 heterocycles. The minimum Gasteiger partial charge on any atom is -0.395 e. The maximum absolute atomic E-state index is 9.34. The molecule has 2 unspecified atom stereocenters. The van der Waals surface area contributed by atoms with E-state index in [2.05, 4.69) is 49.1 Å². The maximum atomic E-state index is 9.34. The Kier molecular flexibility index (Phi) is 5.41. The van der Waals surface area contributed by atoms with Crippen LogP contribution in [0.15, 0.2) is 30.3 Å². The van der Waals surface area contributed by atoms with Gasteiger partial charge in [0.15, 0.2) is 0 Å². The highest BCUT2D eigenvalue weighted by Gasteiger charge is 2.28. The highest BCUT2D eigenvalue weighted by molar-refractivity contribution is 5.14. The van der Waals surface area contributed by atoms with Crippen LogP contribution in [0.1, 0.15) is 38.7 Å². The molecule has 0 bridgehead atoms. The van der Waals surface area contributed by atoms with Crippen LogP contribution in [-0.4, -0.2) is 29.2 Å². The smallest absolute Gasteiger partial charge is 0.0558 e. The van der Waals surface area contributed by atoms with Gasteiger partial charge in [-0.2, -0.15) is 0 Å². The molecular formula is C17H27NO. The molecule has 0 aromatic heterocycles. The molecule has 1 aromatic rings. The molecule has 1 aliphatic rings. The predicted molar refractivity (Wildman–Crippen MR) is 79.9 cm³/mol. The average molecular weight is 261 g/mol. The summed E-state index contributed by atoms with van der Waals surface area (Å²) in [5.74, 6) is 1.62. The van der Waals surface area contributed by atoms with E-state index < -0.39 is 0 Å². The molecule has 0 amide bonds. The Morgan fingerprint density at radius 3 is 2.26 bits per heavy atom. The molecular weight excluding hydrogens is 234 g/mol. The number of hydrogen-bond donors (Lipinski definition) is 1. The maximum Gasteiger partial charge on any atom is 0.0558 e. The van der Waals surface area contributed by atoms with E-state index in [1.807, 2.05) is 0 Å². The summed E-state index contributed by atoms with van der Waals surface area (Å²) in [5, 5.41) is 9.34. The molecule has 2 atom stereocenters. The van der Waals surface area contributed by atoms with Crippen molar-refractivity contribution in [1.29, 1.82) is 0 Å². The second-order valence-corrected chi connectivity index (χ2v) is 6.25. The summed E-state index contributed by atoms with van der Waals surface area (Å²) < 4.78 is 0. The number of aliphatic hydroxyl groups excluding tert-OH is 1. The van der Waals surface area contributed by atoms with E-state index in [0.717, 1.165) is 24.9 Å². The molecule has 0 aliphatic heterocycles. The SMILES string of the molecule is CC1CC(C)CC(N(CCO)Cc2ccccc2)C1. The molecule has 1 aliphatic carbocycles. The number of rotatable bonds is 5. The lowest BCUT2D eigenvalue weighted by Gasteiger charge is -2.39. The Labute approximate surface area is 117 Å². The van der Waals surface area contributed by atoms with Crippen molar-refractivity contribution in [3.05, 3.63) is 35.9 Å². The third-order valence-electron chi connectivity index (χ3n) is 4.29. The van der Waals surface area contributed by atoms with Gasteiger partial charge in [-0.3, -0.25) is 4.90 Å². The van der Waals surface area contributed by atoms with Crippen LogP contribution in [0.3, 0.4) is 0 Å². The fourth-order valence-corrected chi connectivity index (χ4v) is 3.54. The van der Waals surface area contributed by atoms with Crippen LogP contribution in [0.5, 0.6) is 0 Å². The summed E-state index contributed by atoms with van der Waals surface area (Å²) in [6.07, 6.45) is 3.91. The van der Waals surface area contributed by atoms with Gasteiger partial charge in [-0.25, -0.2) is 0 Å². The van der Waals surface area contributed by atoms with Crippen LogP contribution >= 0.6 is 0 Å². The first kappa shape index (κ1) is 14.5. The number of aliphatic hydroxyl groups is 1. The Hall–Kier alpha value is -0.860. The summed E-state index contributed by atoms with van der Waals surface area (Å²) in [7, 11) is 0. The standard InChI is InChI=1S/C17H27NO/c1-14-10-15(2)12-17(11-14)18(8-9-19)13-16-6-4-3-5-7-16/h3-7,14-15,17,19H,8-13H2,1-2H3. The highest BCUT2D eigenvalue weighted by atomic mass is 16.3. The fraction of sp³-hybridized carbons (Fsp3) is 0.647. The topological polar surface area (TPSA) is 23.5 Å². The zero-order chi connectivity index (χ0) is 13.7. The van der Waals surface area contributed by atoms with Gasteiger partial charge >= 0.3 is 0 Å². The molecule has 0 saturated heterocycles. The van der Waals surface area contributed by atoms with Crippen molar-refractivity contribution in [2.75, 3.05) is 13.2 Å². The monoisotopic (exact) mass is 261 g/mol. The van der Waals surface area contributed by atoms with Crippen LogP contribution in [0.4, 0.5) is 0 Å². The quantitative estimate of drug-likeness (QED) is 0.879. The van der Waals surface area contributed by atoms with Crippen molar-refractivity contribution in [1.82, 2.24) is 4.90 Å². The second-order valence-electron chi connectivity index (χ2n) is 6.25. The predicted octanol–water partition coefficient (Wildman–Crippen LogP) is 3.31. The van der Waals surface area contributed by atoms with Crippen molar-refractivity contribution in [3.63, 3.8) is 0 Å². The minimum absolute atomic E-state index is 0.256. The summed E-state index contributed by atoms with van der Waals surface area (Å²) >= 11 is 0. The Morgan fingerprint density at radius 2 is 1.68 bits per heavy atom. The third kappa shape index (κ3) is 4.32. The number of hydrogen-bond acceptors (Lipinski definition) is 2. The lowest BCUT2D eigenvalue weighted by atomic mass is 9.79. The van der Waals surface area contributed by atoms with Crippen molar-refractivity contribution in [2.24, 2.45) is 11.8 Å². The van der Waals surface area contributed by atoms with Gasteiger partial charge in [0.2, 0.25) is 0 Å². The first-order valence-electron chi connectivity index (χ1n) is 7.58. The first-order valence-corrected chi connectivity index (χ1v) is 7.58. The molecule has 19 heavy (non-hydrogen) atoms. The van der Waals surface area contributed by atoms with E-state index in [9.17, 15) is 5.11 Å². The van der Waals surface area contributed by atoms with Gasteiger partial charge in [-0.05, 0) is 36.7 Å².